The number of carbonyl (C=O) groups is 2. The normalized spacial score (nSPS) is 16.3. The highest BCUT2D eigenvalue weighted by molar-refractivity contribution is 7.90. The molecule has 1 aliphatic rings. The first kappa shape index (κ1) is 20.6. The Hall–Kier alpha value is -3.18. The van der Waals surface area contributed by atoms with Gasteiger partial charge in [0.05, 0.1) is 5.69 Å². The summed E-state index contributed by atoms with van der Waals surface area (Å²) < 4.78 is 53.5. The first-order valence-electron chi connectivity index (χ1n) is 8.04. The van der Waals surface area contributed by atoms with Gasteiger partial charge in [-0.1, -0.05) is 6.08 Å². The summed E-state index contributed by atoms with van der Waals surface area (Å²) in [4.78, 5) is 25.1. The summed E-state index contributed by atoms with van der Waals surface area (Å²) in [5, 5.41) is 2.23. The summed E-state index contributed by atoms with van der Waals surface area (Å²) in [7, 11) is -4.46. The Kier molecular flexibility index (Phi) is 5.44. The summed E-state index contributed by atoms with van der Waals surface area (Å²) >= 11 is 4.95. The summed E-state index contributed by atoms with van der Waals surface area (Å²) in [5.41, 5.74) is -0.450. The number of hydrogen-bond acceptors (Lipinski definition) is 5. The van der Waals surface area contributed by atoms with Crippen molar-refractivity contribution in [2.75, 3.05) is 6.54 Å². The van der Waals surface area contributed by atoms with E-state index in [2.05, 4.69) is 11.9 Å². The molecule has 7 nitrogen and oxygen atoms in total. The fourth-order valence-electron chi connectivity index (χ4n) is 2.64. The lowest BCUT2D eigenvalue weighted by Gasteiger charge is -2.27. The number of amides is 2. The van der Waals surface area contributed by atoms with Crippen LogP contribution in [0.5, 0.6) is 0 Å². The van der Waals surface area contributed by atoms with Crippen LogP contribution in [0, 0.1) is 11.6 Å². The van der Waals surface area contributed by atoms with Crippen molar-refractivity contribution < 1.29 is 26.8 Å². The van der Waals surface area contributed by atoms with Gasteiger partial charge >= 0.3 is 0 Å². The minimum absolute atomic E-state index is 0.0371. The van der Waals surface area contributed by atoms with E-state index in [4.69, 9.17) is 12.2 Å². The smallest absolute Gasteiger partial charge is 0.271 e. The van der Waals surface area contributed by atoms with Crippen molar-refractivity contribution in [3.05, 3.63) is 72.1 Å². The van der Waals surface area contributed by atoms with Gasteiger partial charge in [0.2, 0.25) is 0 Å². The third-order valence-corrected chi connectivity index (χ3v) is 6.02. The van der Waals surface area contributed by atoms with Crippen LogP contribution in [0.2, 0.25) is 0 Å². The molecule has 11 heteroatoms. The minimum atomic E-state index is -4.46. The van der Waals surface area contributed by atoms with Crippen LogP contribution in [0.15, 0.2) is 59.7 Å². The second kappa shape index (κ2) is 7.68. The van der Waals surface area contributed by atoms with Crippen LogP contribution in [0.25, 0.3) is 6.08 Å². The zero-order valence-electron chi connectivity index (χ0n) is 14.6. The maximum Gasteiger partial charge on any atom is 0.271 e. The Morgan fingerprint density at radius 1 is 1.21 bits per heavy atom. The van der Waals surface area contributed by atoms with Gasteiger partial charge in [-0.05, 0) is 42.6 Å². The Bertz CT molecular complexity index is 1190. The predicted octanol–water partition coefficient (Wildman–Crippen LogP) is 1.82. The van der Waals surface area contributed by atoms with Crippen LogP contribution in [-0.2, 0) is 19.6 Å². The molecule has 1 saturated heterocycles. The molecule has 150 valence electrons. The number of thiocarbonyl (C=S) groups is 1. The quantitative estimate of drug-likeness (QED) is 0.334. The van der Waals surface area contributed by atoms with Crippen LogP contribution in [0.4, 0.5) is 8.78 Å². The lowest BCUT2D eigenvalue weighted by Crippen LogP contribution is -2.53. The Labute approximate surface area is 170 Å². The van der Waals surface area contributed by atoms with Gasteiger partial charge in [-0.15, -0.1) is 6.58 Å². The van der Waals surface area contributed by atoms with E-state index >= 15 is 0 Å². The zero-order chi connectivity index (χ0) is 21.3. The van der Waals surface area contributed by atoms with Crippen molar-refractivity contribution in [3.8, 4) is 0 Å². The monoisotopic (exact) mass is 437 g/mol. The summed E-state index contributed by atoms with van der Waals surface area (Å²) in [6.45, 7) is 3.54. The first-order valence-corrected chi connectivity index (χ1v) is 9.89. The molecular formula is C18H13F2N3O4S2. The highest BCUT2D eigenvalue weighted by Crippen LogP contribution is 2.23. The standard InChI is InChI=1S/C18H13F2N3O4S2/c1-2-7-22-17(25)13(16(24)21-18(22)28)10-12-4-3-8-23(12)29(26,27)15-6-5-11(19)9-14(15)20/h2-6,8-10H,1,7H2,(H,21,24,28)/b13-10+. The first-order chi connectivity index (χ1) is 13.7. The zero-order valence-corrected chi connectivity index (χ0v) is 16.3. The second-order valence-electron chi connectivity index (χ2n) is 5.83. The van der Waals surface area contributed by atoms with Gasteiger partial charge < -0.3 is 0 Å². The van der Waals surface area contributed by atoms with Crippen molar-refractivity contribution in [2.24, 2.45) is 0 Å². The molecule has 29 heavy (non-hydrogen) atoms. The van der Waals surface area contributed by atoms with Gasteiger partial charge in [-0.2, -0.15) is 0 Å². The summed E-state index contributed by atoms with van der Waals surface area (Å²) in [6.07, 6.45) is 3.57. The van der Waals surface area contributed by atoms with E-state index < -0.39 is 38.4 Å². The highest BCUT2D eigenvalue weighted by Gasteiger charge is 2.33. The number of nitrogens with one attached hydrogen (secondary N) is 1. The Morgan fingerprint density at radius 2 is 1.93 bits per heavy atom. The summed E-state index contributed by atoms with van der Waals surface area (Å²) in [6, 6.07) is 4.70. The van der Waals surface area contributed by atoms with Crippen molar-refractivity contribution >= 4 is 45.2 Å². The number of nitrogens with zero attached hydrogens (tertiary/aromatic N) is 2. The van der Waals surface area contributed by atoms with Gasteiger partial charge in [0.25, 0.3) is 21.8 Å². The number of halogens is 2. The maximum atomic E-state index is 14.0. The number of aromatic nitrogens is 1. The van der Waals surface area contributed by atoms with Crippen molar-refractivity contribution in [1.82, 2.24) is 14.2 Å². The molecule has 1 aromatic carbocycles. The molecule has 2 heterocycles. The predicted molar refractivity (Wildman–Crippen MR) is 104 cm³/mol. The van der Waals surface area contributed by atoms with Gasteiger partial charge in [0, 0.05) is 18.8 Å². The van der Waals surface area contributed by atoms with E-state index in [9.17, 15) is 26.8 Å². The molecule has 1 aromatic heterocycles. The van der Waals surface area contributed by atoms with Gasteiger partial charge in [0.15, 0.2) is 5.11 Å². The van der Waals surface area contributed by atoms with E-state index in [0.717, 1.165) is 29.3 Å². The van der Waals surface area contributed by atoms with E-state index in [0.29, 0.717) is 10.0 Å². The number of hydrogen-bond donors (Lipinski definition) is 1. The van der Waals surface area contributed by atoms with Crippen LogP contribution in [0.1, 0.15) is 5.69 Å². The molecule has 0 spiro atoms. The lowest BCUT2D eigenvalue weighted by molar-refractivity contribution is -0.128. The van der Waals surface area contributed by atoms with Crippen molar-refractivity contribution in [3.63, 3.8) is 0 Å². The van der Waals surface area contributed by atoms with Gasteiger partial charge in [0.1, 0.15) is 22.1 Å². The third-order valence-electron chi connectivity index (χ3n) is 3.96. The molecule has 0 unspecified atom stereocenters. The van der Waals surface area contributed by atoms with E-state index in [1.54, 1.807) is 0 Å². The molecule has 2 aromatic rings. The average molecular weight is 437 g/mol. The van der Waals surface area contributed by atoms with Crippen LogP contribution >= 0.6 is 12.2 Å². The fraction of sp³-hybridized carbons (Fsp3) is 0.0556. The van der Waals surface area contributed by atoms with E-state index in [1.165, 1.54) is 18.2 Å². The Balaban J connectivity index is 2.08. The van der Waals surface area contributed by atoms with Crippen LogP contribution in [-0.4, -0.2) is 40.8 Å². The molecule has 1 fully saturated rings. The minimum Gasteiger partial charge on any atom is -0.298 e. The molecule has 3 rings (SSSR count). The van der Waals surface area contributed by atoms with Crippen molar-refractivity contribution in [1.29, 1.82) is 0 Å². The van der Waals surface area contributed by atoms with Crippen molar-refractivity contribution in [2.45, 2.75) is 4.90 Å². The SMILES string of the molecule is C=CCN1C(=O)/C(=C/c2cccn2S(=O)(=O)c2ccc(F)cc2F)C(=O)NC1=S. The molecule has 0 atom stereocenters. The molecule has 0 bridgehead atoms. The number of rotatable bonds is 5. The maximum absolute atomic E-state index is 14.0. The van der Waals surface area contributed by atoms with Gasteiger partial charge in [-0.3, -0.25) is 19.8 Å². The topological polar surface area (TPSA) is 88.5 Å². The molecule has 0 saturated carbocycles. The number of benzene rings is 1. The third kappa shape index (κ3) is 3.74. The van der Waals surface area contributed by atoms with E-state index in [1.807, 2.05) is 0 Å². The summed E-state index contributed by atoms with van der Waals surface area (Å²) in [5.74, 6) is -3.75. The Morgan fingerprint density at radius 3 is 2.59 bits per heavy atom. The fourth-order valence-corrected chi connectivity index (χ4v) is 4.27. The van der Waals surface area contributed by atoms with E-state index in [-0.39, 0.29) is 22.9 Å². The molecule has 1 aliphatic heterocycles. The largest absolute Gasteiger partial charge is 0.298 e. The lowest BCUT2D eigenvalue weighted by atomic mass is 10.1. The average Bonchev–Trinajstić information content (AvgIpc) is 3.11. The second-order valence-corrected chi connectivity index (χ2v) is 8.00. The molecule has 0 aliphatic carbocycles. The van der Waals surface area contributed by atoms with Crippen LogP contribution < -0.4 is 5.32 Å². The molecule has 2 amide bonds. The van der Waals surface area contributed by atoms with Gasteiger partial charge in [-0.25, -0.2) is 21.2 Å². The van der Waals surface area contributed by atoms with Crippen LogP contribution in [0.3, 0.4) is 0 Å². The number of carbonyl (C=O) groups excluding carboxylic acids is 2. The molecular weight excluding hydrogens is 424 g/mol. The molecule has 0 radical (unpaired) electrons. The highest BCUT2D eigenvalue weighted by atomic mass is 32.2. The molecule has 1 N–H and O–H groups in total.